The third kappa shape index (κ3) is 5.05. The Labute approximate surface area is 192 Å². The van der Waals surface area contributed by atoms with Gasteiger partial charge < -0.3 is 10.4 Å². The zero-order valence-electron chi connectivity index (χ0n) is 18.3. The highest BCUT2D eigenvalue weighted by Gasteiger charge is 2.16. The molecule has 168 valence electrons. The van der Waals surface area contributed by atoms with Crippen molar-refractivity contribution in [1.82, 2.24) is 14.9 Å². The van der Waals surface area contributed by atoms with Crippen molar-refractivity contribution in [1.29, 1.82) is 0 Å². The van der Waals surface area contributed by atoms with Gasteiger partial charge in [-0.15, -0.1) is 0 Å². The molecule has 0 bridgehead atoms. The molecule has 2 aromatic carbocycles. The Morgan fingerprint density at radius 1 is 1.19 bits per heavy atom. The van der Waals surface area contributed by atoms with E-state index in [0.29, 0.717) is 29.0 Å². The molecule has 1 atom stereocenters. The van der Waals surface area contributed by atoms with E-state index in [0.717, 1.165) is 18.4 Å². The SMILES string of the molecule is C[C@H](NC(=O)CSc1nc2ccccc2c(=O)n1CCCO)c1ccc2c(c1)CCCC2. The summed E-state index contributed by atoms with van der Waals surface area (Å²) >= 11 is 1.25. The van der Waals surface area contributed by atoms with Gasteiger partial charge in [0, 0.05) is 13.2 Å². The number of nitrogens with one attached hydrogen (secondary N) is 1. The average Bonchev–Trinajstić information content (AvgIpc) is 2.82. The summed E-state index contributed by atoms with van der Waals surface area (Å²) in [4.78, 5) is 30.2. The molecule has 0 spiro atoms. The van der Waals surface area contributed by atoms with Crippen molar-refractivity contribution in [3.8, 4) is 0 Å². The molecule has 6 nitrogen and oxygen atoms in total. The van der Waals surface area contributed by atoms with Crippen LogP contribution in [-0.2, 0) is 24.2 Å². The minimum Gasteiger partial charge on any atom is -0.396 e. The number of nitrogens with zero attached hydrogens (tertiary/aromatic N) is 2. The first-order valence-electron chi connectivity index (χ1n) is 11.2. The molecule has 0 saturated heterocycles. The number of amides is 1. The number of carbonyl (C=O) groups is 1. The van der Waals surface area contributed by atoms with Crippen LogP contribution in [-0.4, -0.2) is 32.9 Å². The summed E-state index contributed by atoms with van der Waals surface area (Å²) in [5, 5.41) is 13.3. The Morgan fingerprint density at radius 3 is 2.78 bits per heavy atom. The lowest BCUT2D eigenvalue weighted by Gasteiger charge is -2.20. The molecular formula is C25H29N3O3S. The zero-order valence-corrected chi connectivity index (χ0v) is 19.2. The van der Waals surface area contributed by atoms with Gasteiger partial charge in [0.05, 0.1) is 22.7 Å². The van der Waals surface area contributed by atoms with E-state index in [2.05, 4.69) is 28.5 Å². The first-order valence-corrected chi connectivity index (χ1v) is 12.2. The number of aromatic nitrogens is 2. The van der Waals surface area contributed by atoms with Gasteiger partial charge in [-0.25, -0.2) is 4.98 Å². The number of carbonyl (C=O) groups excluding carboxylic acids is 1. The van der Waals surface area contributed by atoms with Crippen molar-refractivity contribution in [2.75, 3.05) is 12.4 Å². The van der Waals surface area contributed by atoms with Crippen LogP contribution in [0.5, 0.6) is 0 Å². The molecule has 1 heterocycles. The smallest absolute Gasteiger partial charge is 0.262 e. The zero-order chi connectivity index (χ0) is 22.5. The van der Waals surface area contributed by atoms with Crippen LogP contribution in [0, 0.1) is 0 Å². The highest BCUT2D eigenvalue weighted by molar-refractivity contribution is 7.99. The van der Waals surface area contributed by atoms with E-state index in [1.54, 1.807) is 16.7 Å². The van der Waals surface area contributed by atoms with Gasteiger partial charge in [0.1, 0.15) is 0 Å². The fourth-order valence-electron chi connectivity index (χ4n) is 4.20. The molecule has 3 aromatic rings. The van der Waals surface area contributed by atoms with Crippen LogP contribution in [0.1, 0.15) is 48.9 Å². The molecule has 0 radical (unpaired) electrons. The number of benzene rings is 2. The fourth-order valence-corrected chi connectivity index (χ4v) is 5.04. The average molecular weight is 452 g/mol. The number of thioether (sulfide) groups is 1. The summed E-state index contributed by atoms with van der Waals surface area (Å²) in [6.07, 6.45) is 5.18. The number of rotatable bonds is 8. The Hall–Kier alpha value is -2.64. The second kappa shape index (κ2) is 10.3. The van der Waals surface area contributed by atoms with Gasteiger partial charge >= 0.3 is 0 Å². The molecule has 2 N–H and O–H groups in total. The number of hydrogen-bond donors (Lipinski definition) is 2. The van der Waals surface area contributed by atoms with Crippen LogP contribution in [0.3, 0.4) is 0 Å². The minimum absolute atomic E-state index is 0.0118. The normalized spacial score (nSPS) is 14.2. The number of hydrogen-bond acceptors (Lipinski definition) is 5. The summed E-state index contributed by atoms with van der Waals surface area (Å²) in [6, 6.07) is 13.6. The van der Waals surface area contributed by atoms with Crippen molar-refractivity contribution in [3.63, 3.8) is 0 Å². The van der Waals surface area contributed by atoms with E-state index < -0.39 is 0 Å². The molecule has 0 fully saturated rings. The fraction of sp³-hybridized carbons (Fsp3) is 0.400. The minimum atomic E-state index is -0.144. The largest absolute Gasteiger partial charge is 0.396 e. The second-order valence-electron chi connectivity index (χ2n) is 8.26. The van der Waals surface area contributed by atoms with E-state index >= 15 is 0 Å². The van der Waals surface area contributed by atoms with Crippen molar-refractivity contribution in [2.24, 2.45) is 0 Å². The first-order chi connectivity index (χ1) is 15.6. The van der Waals surface area contributed by atoms with Crippen molar-refractivity contribution < 1.29 is 9.90 Å². The third-order valence-corrected chi connectivity index (χ3v) is 6.93. The molecule has 1 aliphatic rings. The molecule has 0 unspecified atom stereocenters. The third-order valence-electron chi connectivity index (χ3n) is 5.95. The van der Waals surface area contributed by atoms with Crippen LogP contribution in [0.25, 0.3) is 10.9 Å². The van der Waals surface area contributed by atoms with Crippen molar-refractivity contribution >= 4 is 28.6 Å². The highest BCUT2D eigenvalue weighted by Crippen LogP contribution is 2.25. The maximum Gasteiger partial charge on any atom is 0.262 e. The topological polar surface area (TPSA) is 84.2 Å². The predicted octanol–water partition coefficient (Wildman–Crippen LogP) is 3.63. The predicted molar refractivity (Wildman–Crippen MR) is 128 cm³/mol. The van der Waals surface area contributed by atoms with Gasteiger partial charge in [-0.1, -0.05) is 42.1 Å². The monoisotopic (exact) mass is 451 g/mol. The van der Waals surface area contributed by atoms with Crippen LogP contribution >= 0.6 is 11.8 Å². The summed E-state index contributed by atoms with van der Waals surface area (Å²) in [6.45, 7) is 2.35. The van der Waals surface area contributed by atoms with Gasteiger partial charge in [0.15, 0.2) is 5.16 Å². The summed E-state index contributed by atoms with van der Waals surface area (Å²) < 4.78 is 1.56. The number of para-hydroxylation sites is 1. The summed E-state index contributed by atoms with van der Waals surface area (Å²) in [7, 11) is 0. The van der Waals surface area contributed by atoms with E-state index in [1.165, 1.54) is 35.7 Å². The van der Waals surface area contributed by atoms with Crippen LogP contribution in [0.15, 0.2) is 52.4 Å². The number of fused-ring (bicyclic) bond motifs is 2. The van der Waals surface area contributed by atoms with Gasteiger partial charge in [-0.2, -0.15) is 0 Å². The van der Waals surface area contributed by atoms with E-state index in [1.807, 2.05) is 19.1 Å². The lowest BCUT2D eigenvalue weighted by atomic mass is 9.89. The van der Waals surface area contributed by atoms with Crippen LogP contribution in [0.2, 0.25) is 0 Å². The van der Waals surface area contributed by atoms with Gasteiger partial charge in [0.25, 0.3) is 5.56 Å². The number of aliphatic hydroxyl groups is 1. The van der Waals surface area contributed by atoms with E-state index in [-0.39, 0.29) is 29.9 Å². The summed E-state index contributed by atoms with van der Waals surface area (Å²) in [5.41, 5.74) is 4.42. The van der Waals surface area contributed by atoms with E-state index in [4.69, 9.17) is 0 Å². The Bertz CT molecular complexity index is 1170. The van der Waals surface area contributed by atoms with Crippen molar-refractivity contribution in [2.45, 2.75) is 56.8 Å². The van der Waals surface area contributed by atoms with Gasteiger partial charge in [0.2, 0.25) is 5.91 Å². The quantitative estimate of drug-likeness (QED) is 0.404. The Morgan fingerprint density at radius 2 is 1.97 bits per heavy atom. The first kappa shape index (κ1) is 22.6. The van der Waals surface area contributed by atoms with E-state index in [9.17, 15) is 14.7 Å². The lowest BCUT2D eigenvalue weighted by Crippen LogP contribution is -2.29. The maximum absolute atomic E-state index is 12.9. The molecule has 1 amide bonds. The molecule has 1 aliphatic carbocycles. The van der Waals surface area contributed by atoms with Gasteiger partial charge in [-0.05, 0) is 67.9 Å². The molecular weight excluding hydrogens is 422 g/mol. The van der Waals surface area contributed by atoms with Crippen LogP contribution in [0.4, 0.5) is 0 Å². The van der Waals surface area contributed by atoms with Crippen LogP contribution < -0.4 is 10.9 Å². The summed E-state index contributed by atoms with van der Waals surface area (Å²) in [5.74, 6) is 0.0652. The molecule has 0 aliphatic heterocycles. The maximum atomic E-state index is 12.9. The molecule has 4 rings (SSSR count). The highest BCUT2D eigenvalue weighted by atomic mass is 32.2. The molecule has 1 aromatic heterocycles. The number of aliphatic hydroxyl groups excluding tert-OH is 1. The molecule has 0 saturated carbocycles. The number of aryl methyl sites for hydroxylation is 2. The standard InChI is InChI=1S/C25H29N3O3S/c1-17(19-12-11-18-7-2-3-8-20(18)15-19)26-23(30)16-32-25-27-22-10-5-4-9-21(22)24(31)28(25)13-6-14-29/h4-5,9-12,15,17,29H,2-3,6-8,13-14,16H2,1H3,(H,26,30)/t17-/m0/s1. The Balaban J connectivity index is 1.46. The molecule has 32 heavy (non-hydrogen) atoms. The van der Waals surface area contributed by atoms with Crippen molar-refractivity contribution in [3.05, 3.63) is 69.5 Å². The molecule has 7 heteroatoms. The second-order valence-corrected chi connectivity index (χ2v) is 9.20. The lowest BCUT2D eigenvalue weighted by molar-refractivity contribution is -0.119. The van der Waals surface area contributed by atoms with Gasteiger partial charge in [-0.3, -0.25) is 14.2 Å². The Kier molecular flexibility index (Phi) is 7.27.